The van der Waals surface area contributed by atoms with Gasteiger partial charge in [0.05, 0.1) is 6.42 Å². The maximum Gasteiger partial charge on any atom is 0.307 e. The van der Waals surface area contributed by atoms with Gasteiger partial charge in [-0.1, -0.05) is 12.1 Å². The Hall–Kier alpha value is -1.84. The first kappa shape index (κ1) is 9.25. The van der Waals surface area contributed by atoms with E-state index >= 15 is 0 Å². The molecule has 1 aromatic rings. The first-order chi connectivity index (χ1) is 6.09. The Balaban J connectivity index is 2.91. The SMILES string of the molecule is NC(=O)c1cccc(CC(=O)O)c1. The van der Waals surface area contributed by atoms with Gasteiger partial charge in [-0.15, -0.1) is 0 Å². The summed E-state index contributed by atoms with van der Waals surface area (Å²) in [6.45, 7) is 0. The van der Waals surface area contributed by atoms with Gasteiger partial charge in [0.25, 0.3) is 0 Å². The van der Waals surface area contributed by atoms with E-state index in [4.69, 9.17) is 10.8 Å². The lowest BCUT2D eigenvalue weighted by Crippen LogP contribution is -2.11. The summed E-state index contributed by atoms with van der Waals surface area (Å²) >= 11 is 0. The van der Waals surface area contributed by atoms with Crippen molar-refractivity contribution in [2.45, 2.75) is 6.42 Å². The summed E-state index contributed by atoms with van der Waals surface area (Å²) in [5, 5.41) is 8.48. The fraction of sp³-hybridized carbons (Fsp3) is 0.111. The molecule has 0 aliphatic rings. The van der Waals surface area contributed by atoms with Crippen LogP contribution >= 0.6 is 0 Å². The minimum Gasteiger partial charge on any atom is -0.481 e. The van der Waals surface area contributed by atoms with Gasteiger partial charge in [0.15, 0.2) is 0 Å². The number of aliphatic carboxylic acids is 1. The van der Waals surface area contributed by atoms with Crippen molar-refractivity contribution >= 4 is 11.9 Å². The Kier molecular flexibility index (Phi) is 2.64. The molecule has 1 aromatic carbocycles. The molecule has 0 saturated carbocycles. The molecular weight excluding hydrogens is 170 g/mol. The summed E-state index contributed by atoms with van der Waals surface area (Å²) in [6, 6.07) is 6.28. The van der Waals surface area contributed by atoms with Crippen LogP contribution in [0, 0.1) is 0 Å². The van der Waals surface area contributed by atoms with Gasteiger partial charge in [-0.3, -0.25) is 9.59 Å². The van der Waals surface area contributed by atoms with Crippen molar-refractivity contribution in [2.24, 2.45) is 5.73 Å². The number of nitrogens with two attached hydrogens (primary N) is 1. The van der Waals surface area contributed by atoms with E-state index in [2.05, 4.69) is 0 Å². The average Bonchev–Trinajstić information content (AvgIpc) is 2.03. The van der Waals surface area contributed by atoms with Crippen molar-refractivity contribution in [3.63, 3.8) is 0 Å². The molecule has 0 spiro atoms. The molecule has 0 saturated heterocycles. The van der Waals surface area contributed by atoms with Crippen LogP contribution in [0.25, 0.3) is 0 Å². The Morgan fingerprint density at radius 2 is 2.08 bits per heavy atom. The molecule has 1 rings (SSSR count). The fourth-order valence-electron chi connectivity index (χ4n) is 1.01. The minimum atomic E-state index is -0.929. The number of carboxylic acids is 1. The van der Waals surface area contributed by atoms with Crippen molar-refractivity contribution in [2.75, 3.05) is 0 Å². The van der Waals surface area contributed by atoms with Gasteiger partial charge in [-0.05, 0) is 17.7 Å². The van der Waals surface area contributed by atoms with Gasteiger partial charge >= 0.3 is 5.97 Å². The van der Waals surface area contributed by atoms with E-state index in [1.165, 1.54) is 6.07 Å². The summed E-state index contributed by atoms with van der Waals surface area (Å²) in [6.07, 6.45) is -0.0961. The highest BCUT2D eigenvalue weighted by molar-refractivity contribution is 5.93. The highest BCUT2D eigenvalue weighted by Crippen LogP contribution is 2.05. The second kappa shape index (κ2) is 3.71. The number of benzene rings is 1. The Labute approximate surface area is 75.0 Å². The molecule has 0 bridgehead atoms. The third kappa shape index (κ3) is 2.59. The minimum absolute atomic E-state index is 0.0961. The number of hydrogen-bond acceptors (Lipinski definition) is 2. The Morgan fingerprint density at radius 1 is 1.38 bits per heavy atom. The van der Waals surface area contributed by atoms with Gasteiger partial charge in [-0.2, -0.15) is 0 Å². The molecule has 68 valence electrons. The smallest absolute Gasteiger partial charge is 0.307 e. The molecule has 0 fully saturated rings. The van der Waals surface area contributed by atoms with Gasteiger partial charge < -0.3 is 10.8 Å². The van der Waals surface area contributed by atoms with Gasteiger partial charge in [0.1, 0.15) is 0 Å². The van der Waals surface area contributed by atoms with Crippen LogP contribution in [0.4, 0.5) is 0 Å². The zero-order chi connectivity index (χ0) is 9.84. The van der Waals surface area contributed by atoms with E-state index in [9.17, 15) is 9.59 Å². The molecule has 0 aliphatic carbocycles. The van der Waals surface area contributed by atoms with Crippen LogP contribution in [-0.4, -0.2) is 17.0 Å². The van der Waals surface area contributed by atoms with Gasteiger partial charge in [0.2, 0.25) is 5.91 Å². The van der Waals surface area contributed by atoms with Crippen molar-refractivity contribution in [3.8, 4) is 0 Å². The van der Waals surface area contributed by atoms with E-state index in [1.54, 1.807) is 18.2 Å². The third-order valence-corrected chi connectivity index (χ3v) is 1.57. The lowest BCUT2D eigenvalue weighted by atomic mass is 10.1. The highest BCUT2D eigenvalue weighted by atomic mass is 16.4. The van der Waals surface area contributed by atoms with Crippen molar-refractivity contribution in [1.29, 1.82) is 0 Å². The molecule has 0 radical (unpaired) electrons. The van der Waals surface area contributed by atoms with Crippen LogP contribution in [-0.2, 0) is 11.2 Å². The zero-order valence-electron chi connectivity index (χ0n) is 6.86. The topological polar surface area (TPSA) is 80.4 Å². The predicted octanol–water partition coefficient (Wildman–Crippen LogP) is 0.413. The van der Waals surface area contributed by atoms with E-state index in [0.29, 0.717) is 11.1 Å². The van der Waals surface area contributed by atoms with Gasteiger partial charge in [-0.25, -0.2) is 0 Å². The average molecular weight is 179 g/mol. The second-order valence-electron chi connectivity index (χ2n) is 2.64. The Bertz CT molecular complexity index is 346. The first-order valence-electron chi connectivity index (χ1n) is 3.70. The molecule has 1 amide bonds. The quantitative estimate of drug-likeness (QED) is 0.705. The number of primary amides is 1. The number of carbonyl (C=O) groups excluding carboxylic acids is 1. The number of hydrogen-bond donors (Lipinski definition) is 2. The maximum absolute atomic E-state index is 10.7. The standard InChI is InChI=1S/C9H9NO3/c10-9(13)7-3-1-2-6(4-7)5-8(11)12/h1-4H,5H2,(H2,10,13)(H,11,12). The van der Waals surface area contributed by atoms with Crippen LogP contribution in [0.1, 0.15) is 15.9 Å². The summed E-state index contributed by atoms with van der Waals surface area (Å²) in [4.78, 5) is 21.0. The molecule has 0 unspecified atom stereocenters. The zero-order valence-corrected chi connectivity index (χ0v) is 6.86. The summed E-state index contributed by atoms with van der Waals surface area (Å²) in [5.41, 5.74) is 5.93. The van der Waals surface area contributed by atoms with E-state index in [-0.39, 0.29) is 6.42 Å². The molecule has 0 aromatic heterocycles. The summed E-state index contributed by atoms with van der Waals surface area (Å²) < 4.78 is 0. The van der Waals surface area contributed by atoms with E-state index < -0.39 is 11.9 Å². The molecule has 13 heavy (non-hydrogen) atoms. The predicted molar refractivity (Wildman–Crippen MR) is 46.3 cm³/mol. The lowest BCUT2D eigenvalue weighted by Gasteiger charge is -1.98. The van der Waals surface area contributed by atoms with Crippen LogP contribution < -0.4 is 5.73 Å². The molecular formula is C9H9NO3. The molecule has 4 heteroatoms. The summed E-state index contributed by atoms with van der Waals surface area (Å²) in [7, 11) is 0. The molecule has 4 nitrogen and oxygen atoms in total. The highest BCUT2D eigenvalue weighted by Gasteiger charge is 2.03. The monoisotopic (exact) mass is 179 g/mol. The van der Waals surface area contributed by atoms with Crippen molar-refractivity contribution in [3.05, 3.63) is 35.4 Å². The molecule has 0 atom stereocenters. The first-order valence-corrected chi connectivity index (χ1v) is 3.70. The fourth-order valence-corrected chi connectivity index (χ4v) is 1.01. The summed E-state index contributed by atoms with van der Waals surface area (Å²) in [5.74, 6) is -1.48. The third-order valence-electron chi connectivity index (χ3n) is 1.57. The van der Waals surface area contributed by atoms with Crippen molar-refractivity contribution < 1.29 is 14.7 Å². The molecule has 0 heterocycles. The van der Waals surface area contributed by atoms with E-state index in [1.807, 2.05) is 0 Å². The van der Waals surface area contributed by atoms with E-state index in [0.717, 1.165) is 0 Å². The van der Waals surface area contributed by atoms with Crippen LogP contribution in [0.3, 0.4) is 0 Å². The van der Waals surface area contributed by atoms with Crippen molar-refractivity contribution in [1.82, 2.24) is 0 Å². The van der Waals surface area contributed by atoms with Gasteiger partial charge in [0, 0.05) is 5.56 Å². The van der Waals surface area contributed by atoms with Crippen LogP contribution in [0.15, 0.2) is 24.3 Å². The number of amides is 1. The number of carboxylic acid groups (broad SMARTS) is 1. The second-order valence-corrected chi connectivity index (χ2v) is 2.64. The largest absolute Gasteiger partial charge is 0.481 e. The van der Waals surface area contributed by atoms with Crippen LogP contribution in [0.2, 0.25) is 0 Å². The Morgan fingerprint density at radius 3 is 2.62 bits per heavy atom. The maximum atomic E-state index is 10.7. The lowest BCUT2D eigenvalue weighted by molar-refractivity contribution is -0.136. The molecule has 0 aliphatic heterocycles. The number of carbonyl (C=O) groups is 2. The van der Waals surface area contributed by atoms with Crippen LogP contribution in [0.5, 0.6) is 0 Å². The number of rotatable bonds is 3. The normalized spacial score (nSPS) is 9.54. The molecule has 3 N–H and O–H groups in total.